The predicted molar refractivity (Wildman–Crippen MR) is 122 cm³/mol. The highest BCUT2D eigenvalue weighted by Crippen LogP contribution is 2.26. The number of para-hydroxylation sites is 2. The maximum absolute atomic E-state index is 6.07. The van der Waals surface area contributed by atoms with E-state index in [2.05, 4.69) is 47.9 Å². The molecule has 3 rings (SSSR count). The molecule has 0 unspecified atom stereocenters. The number of rotatable bonds is 12. The molecule has 0 aliphatic carbocycles. The van der Waals surface area contributed by atoms with Crippen molar-refractivity contribution in [2.45, 2.75) is 77.7 Å². The van der Waals surface area contributed by atoms with Gasteiger partial charge in [0.05, 0.1) is 11.0 Å². The number of hydrogen-bond acceptors (Lipinski definition) is 1. The lowest BCUT2D eigenvalue weighted by atomic mass is 10.1. The summed E-state index contributed by atoms with van der Waals surface area (Å²) in [6.07, 6.45) is 13.6. The highest BCUT2D eigenvalue weighted by molar-refractivity contribution is 6.30. The van der Waals surface area contributed by atoms with Crippen LogP contribution in [0.5, 0.6) is 0 Å². The molecule has 0 fully saturated rings. The summed E-state index contributed by atoms with van der Waals surface area (Å²) in [5.41, 5.74) is 3.43. The molecule has 0 bridgehead atoms. The number of imidazole rings is 1. The third-order valence-corrected chi connectivity index (χ3v) is 5.74. The fraction of sp³-hybridized carbons (Fsp3) is 0.480. The van der Waals surface area contributed by atoms with Crippen LogP contribution in [0.25, 0.3) is 22.4 Å². The van der Waals surface area contributed by atoms with Crippen molar-refractivity contribution in [2.75, 3.05) is 0 Å². The minimum absolute atomic E-state index is 0.765. The van der Waals surface area contributed by atoms with Gasteiger partial charge in [-0.05, 0) is 42.8 Å². The topological polar surface area (TPSA) is 17.8 Å². The Hall–Kier alpha value is -1.80. The van der Waals surface area contributed by atoms with Crippen LogP contribution in [0.2, 0.25) is 5.02 Å². The summed E-state index contributed by atoms with van der Waals surface area (Å²) < 4.78 is 2.38. The molecule has 0 amide bonds. The molecule has 0 N–H and O–H groups in total. The number of halogens is 1. The van der Waals surface area contributed by atoms with E-state index in [0.29, 0.717) is 0 Å². The van der Waals surface area contributed by atoms with Gasteiger partial charge in [0.1, 0.15) is 5.82 Å². The maximum atomic E-state index is 6.07. The van der Waals surface area contributed by atoms with Crippen molar-refractivity contribution >= 4 is 22.6 Å². The first-order chi connectivity index (χ1) is 13.8. The Balaban J connectivity index is 1.54. The summed E-state index contributed by atoms with van der Waals surface area (Å²) in [6, 6.07) is 16.5. The summed E-state index contributed by atoms with van der Waals surface area (Å²) >= 11 is 6.07. The largest absolute Gasteiger partial charge is 0.324 e. The van der Waals surface area contributed by atoms with Gasteiger partial charge in [-0.3, -0.25) is 0 Å². The minimum atomic E-state index is 0.765. The van der Waals surface area contributed by atoms with Crippen LogP contribution in [-0.4, -0.2) is 9.55 Å². The van der Waals surface area contributed by atoms with E-state index in [1.54, 1.807) is 0 Å². The Morgan fingerprint density at radius 2 is 1.36 bits per heavy atom. The monoisotopic (exact) mass is 396 g/mol. The molecule has 0 aliphatic heterocycles. The molecule has 2 nitrogen and oxygen atoms in total. The van der Waals surface area contributed by atoms with Crippen molar-refractivity contribution in [3.63, 3.8) is 0 Å². The summed E-state index contributed by atoms with van der Waals surface area (Å²) in [5.74, 6) is 1.05. The number of nitrogens with zero attached hydrogens (tertiary/aromatic N) is 2. The van der Waals surface area contributed by atoms with Crippen molar-refractivity contribution in [2.24, 2.45) is 0 Å². The van der Waals surface area contributed by atoms with Crippen molar-refractivity contribution in [1.29, 1.82) is 0 Å². The van der Waals surface area contributed by atoms with Crippen LogP contribution >= 0.6 is 11.6 Å². The third-order valence-electron chi connectivity index (χ3n) is 5.49. The van der Waals surface area contributed by atoms with Crippen molar-refractivity contribution in [3.05, 3.63) is 53.6 Å². The highest BCUT2D eigenvalue weighted by atomic mass is 35.5. The SMILES string of the molecule is CCCCCCCCCCCCn1c(-c2ccc(Cl)cc2)nc2ccccc21. The van der Waals surface area contributed by atoms with E-state index in [1.807, 2.05) is 12.1 Å². The fourth-order valence-electron chi connectivity index (χ4n) is 3.88. The second kappa shape index (κ2) is 11.3. The number of benzene rings is 2. The van der Waals surface area contributed by atoms with Gasteiger partial charge in [-0.25, -0.2) is 4.98 Å². The standard InChI is InChI=1S/C25H33ClN2/c1-2-3-4-5-6-7-8-9-10-13-20-28-24-15-12-11-14-23(24)27-25(28)21-16-18-22(26)19-17-21/h11-12,14-19H,2-10,13,20H2,1H3. The molecule has 2 aromatic carbocycles. The Bertz CT molecular complexity index is 835. The minimum Gasteiger partial charge on any atom is -0.324 e. The molecule has 0 saturated heterocycles. The first-order valence-electron chi connectivity index (χ1n) is 11.0. The normalized spacial score (nSPS) is 11.4. The number of fused-ring (bicyclic) bond motifs is 1. The number of aryl methyl sites for hydroxylation is 1. The molecular formula is C25H33ClN2. The molecule has 3 aromatic rings. The van der Waals surface area contributed by atoms with Gasteiger partial charge in [0, 0.05) is 17.1 Å². The van der Waals surface area contributed by atoms with Crippen LogP contribution < -0.4 is 0 Å². The average molecular weight is 397 g/mol. The van der Waals surface area contributed by atoms with E-state index >= 15 is 0 Å². The zero-order chi connectivity index (χ0) is 19.6. The van der Waals surface area contributed by atoms with Gasteiger partial charge in [-0.15, -0.1) is 0 Å². The zero-order valence-corrected chi connectivity index (χ0v) is 17.9. The van der Waals surface area contributed by atoms with Gasteiger partial charge < -0.3 is 4.57 Å². The second-order valence-electron chi connectivity index (χ2n) is 7.76. The van der Waals surface area contributed by atoms with Crippen LogP contribution in [0.1, 0.15) is 71.1 Å². The van der Waals surface area contributed by atoms with E-state index in [1.165, 1.54) is 69.7 Å². The molecule has 1 aromatic heterocycles. The van der Waals surface area contributed by atoms with Gasteiger partial charge in [-0.1, -0.05) is 88.4 Å². The Labute approximate surface area is 174 Å². The van der Waals surface area contributed by atoms with E-state index in [4.69, 9.17) is 16.6 Å². The second-order valence-corrected chi connectivity index (χ2v) is 8.20. The Morgan fingerprint density at radius 1 is 0.750 bits per heavy atom. The fourth-order valence-corrected chi connectivity index (χ4v) is 4.00. The summed E-state index contributed by atoms with van der Waals surface area (Å²) in [5, 5.41) is 0.765. The highest BCUT2D eigenvalue weighted by Gasteiger charge is 2.12. The maximum Gasteiger partial charge on any atom is 0.141 e. The molecule has 0 radical (unpaired) electrons. The first-order valence-corrected chi connectivity index (χ1v) is 11.4. The average Bonchev–Trinajstić information content (AvgIpc) is 3.08. The Morgan fingerprint density at radius 3 is 2.04 bits per heavy atom. The van der Waals surface area contributed by atoms with Crippen LogP contribution in [-0.2, 0) is 6.54 Å². The van der Waals surface area contributed by atoms with Gasteiger partial charge in [0.25, 0.3) is 0 Å². The third kappa shape index (κ3) is 5.85. The predicted octanol–water partition coefficient (Wildman–Crippen LogP) is 8.28. The lowest BCUT2D eigenvalue weighted by Crippen LogP contribution is -2.01. The van der Waals surface area contributed by atoms with E-state index in [0.717, 1.165) is 28.5 Å². The molecule has 3 heteroatoms. The lowest BCUT2D eigenvalue weighted by molar-refractivity contribution is 0.539. The zero-order valence-electron chi connectivity index (χ0n) is 17.2. The molecule has 0 spiro atoms. The van der Waals surface area contributed by atoms with E-state index < -0.39 is 0 Å². The van der Waals surface area contributed by atoms with Gasteiger partial charge in [0.2, 0.25) is 0 Å². The van der Waals surface area contributed by atoms with Crippen molar-refractivity contribution < 1.29 is 0 Å². The lowest BCUT2D eigenvalue weighted by Gasteiger charge is -2.10. The van der Waals surface area contributed by atoms with Crippen molar-refractivity contribution in [3.8, 4) is 11.4 Å². The smallest absolute Gasteiger partial charge is 0.141 e. The molecule has 0 saturated carbocycles. The van der Waals surface area contributed by atoms with E-state index in [9.17, 15) is 0 Å². The molecule has 0 aliphatic rings. The van der Waals surface area contributed by atoms with Gasteiger partial charge >= 0.3 is 0 Å². The van der Waals surface area contributed by atoms with Crippen LogP contribution in [0.4, 0.5) is 0 Å². The molecule has 0 atom stereocenters. The molecular weight excluding hydrogens is 364 g/mol. The van der Waals surface area contributed by atoms with Crippen molar-refractivity contribution in [1.82, 2.24) is 9.55 Å². The molecule has 28 heavy (non-hydrogen) atoms. The van der Waals surface area contributed by atoms with Crippen LogP contribution in [0.15, 0.2) is 48.5 Å². The molecule has 150 valence electrons. The summed E-state index contributed by atoms with van der Waals surface area (Å²) in [7, 11) is 0. The van der Waals surface area contributed by atoms with Crippen LogP contribution in [0, 0.1) is 0 Å². The van der Waals surface area contributed by atoms with E-state index in [-0.39, 0.29) is 0 Å². The summed E-state index contributed by atoms with van der Waals surface area (Å²) in [4.78, 5) is 4.90. The number of aromatic nitrogens is 2. The van der Waals surface area contributed by atoms with Crippen LogP contribution in [0.3, 0.4) is 0 Å². The molecule has 1 heterocycles. The van der Waals surface area contributed by atoms with Gasteiger partial charge in [0.15, 0.2) is 0 Å². The summed E-state index contributed by atoms with van der Waals surface area (Å²) in [6.45, 7) is 3.30. The quantitative estimate of drug-likeness (QED) is 0.281. The van der Waals surface area contributed by atoms with Gasteiger partial charge in [-0.2, -0.15) is 0 Å². The number of hydrogen-bond donors (Lipinski definition) is 0. The number of unbranched alkanes of at least 4 members (excludes halogenated alkanes) is 9. The Kier molecular flexibility index (Phi) is 8.42. The first kappa shape index (κ1) is 20.9.